The van der Waals surface area contributed by atoms with Crippen LogP contribution in [0.5, 0.6) is 0 Å². The van der Waals surface area contributed by atoms with E-state index in [2.05, 4.69) is 6.92 Å². The molecular formula is C11H18O. The van der Waals surface area contributed by atoms with Gasteiger partial charge in [-0.25, -0.2) is 0 Å². The number of hydrogen-bond donors (Lipinski definition) is 0. The van der Waals surface area contributed by atoms with Crippen molar-refractivity contribution in [3.63, 3.8) is 0 Å². The third-order valence-electron chi connectivity index (χ3n) is 2.66. The Morgan fingerprint density at radius 3 is 2.58 bits per heavy atom. The van der Waals surface area contributed by atoms with Crippen LogP contribution < -0.4 is 0 Å². The summed E-state index contributed by atoms with van der Waals surface area (Å²) in [6.45, 7) is 3.90. The van der Waals surface area contributed by atoms with E-state index in [0.29, 0.717) is 5.78 Å². The molecule has 0 radical (unpaired) electrons. The zero-order chi connectivity index (χ0) is 8.97. The monoisotopic (exact) mass is 166 g/mol. The molecule has 1 aliphatic rings. The van der Waals surface area contributed by atoms with Gasteiger partial charge in [-0.05, 0) is 46.0 Å². The van der Waals surface area contributed by atoms with Gasteiger partial charge in [0, 0.05) is 6.42 Å². The van der Waals surface area contributed by atoms with Gasteiger partial charge in [0.2, 0.25) is 0 Å². The molecule has 68 valence electrons. The first kappa shape index (κ1) is 9.50. The minimum Gasteiger partial charge on any atom is -0.300 e. The standard InChI is InChI=1S/C11H18O/c1-9-5-3-4-6-11(9)8-7-10(2)12/h3-8H2,1-2H3. The average molecular weight is 166 g/mol. The van der Waals surface area contributed by atoms with E-state index in [4.69, 9.17) is 0 Å². The van der Waals surface area contributed by atoms with Gasteiger partial charge in [-0.1, -0.05) is 11.1 Å². The highest BCUT2D eigenvalue weighted by molar-refractivity contribution is 5.75. The van der Waals surface area contributed by atoms with Crippen molar-refractivity contribution in [1.82, 2.24) is 0 Å². The molecule has 0 unspecified atom stereocenters. The summed E-state index contributed by atoms with van der Waals surface area (Å²) in [6, 6.07) is 0. The summed E-state index contributed by atoms with van der Waals surface area (Å²) in [4.78, 5) is 10.8. The first-order chi connectivity index (χ1) is 5.70. The number of ketones is 1. The first-order valence-corrected chi connectivity index (χ1v) is 4.87. The Kier molecular flexibility index (Phi) is 3.51. The Hall–Kier alpha value is -0.590. The summed E-state index contributed by atoms with van der Waals surface area (Å²) in [6.07, 6.45) is 6.92. The number of Topliss-reactive ketones (excluding diaryl/α,β-unsaturated/α-hetero) is 1. The molecule has 0 atom stereocenters. The topological polar surface area (TPSA) is 17.1 Å². The maximum atomic E-state index is 10.8. The van der Waals surface area contributed by atoms with Gasteiger partial charge in [0.05, 0.1) is 0 Å². The Labute approximate surface area is 74.9 Å². The normalized spacial score (nSPS) is 18.2. The molecule has 1 nitrogen and oxygen atoms in total. The third kappa shape index (κ3) is 2.80. The molecule has 0 saturated carbocycles. The van der Waals surface area contributed by atoms with Crippen molar-refractivity contribution >= 4 is 5.78 Å². The van der Waals surface area contributed by atoms with Gasteiger partial charge >= 0.3 is 0 Å². The van der Waals surface area contributed by atoms with Crippen LogP contribution in [0.1, 0.15) is 52.4 Å². The molecule has 0 aromatic rings. The molecule has 0 aromatic carbocycles. The first-order valence-electron chi connectivity index (χ1n) is 4.87. The number of carbonyl (C=O) groups is 1. The van der Waals surface area contributed by atoms with E-state index < -0.39 is 0 Å². The lowest BCUT2D eigenvalue weighted by atomic mass is 9.90. The smallest absolute Gasteiger partial charge is 0.130 e. The second-order valence-electron chi connectivity index (χ2n) is 3.79. The molecule has 1 rings (SSSR count). The minimum atomic E-state index is 0.320. The van der Waals surface area contributed by atoms with Gasteiger partial charge in [0.15, 0.2) is 0 Å². The van der Waals surface area contributed by atoms with Crippen LogP contribution in [0.2, 0.25) is 0 Å². The summed E-state index contributed by atoms with van der Waals surface area (Å²) in [5.74, 6) is 0.320. The maximum absolute atomic E-state index is 10.8. The lowest BCUT2D eigenvalue weighted by molar-refractivity contribution is -0.116. The lowest BCUT2D eigenvalue weighted by Gasteiger charge is -2.16. The molecule has 0 heterocycles. The molecule has 1 aliphatic carbocycles. The van der Waals surface area contributed by atoms with E-state index in [1.807, 2.05) is 0 Å². The predicted octanol–water partition coefficient (Wildman–Crippen LogP) is 3.25. The van der Waals surface area contributed by atoms with Crippen molar-refractivity contribution < 1.29 is 4.79 Å². The highest BCUT2D eigenvalue weighted by Crippen LogP contribution is 2.27. The van der Waals surface area contributed by atoms with E-state index in [1.54, 1.807) is 18.1 Å². The van der Waals surface area contributed by atoms with Crippen LogP contribution in [0.15, 0.2) is 11.1 Å². The van der Waals surface area contributed by atoms with Gasteiger partial charge in [-0.2, -0.15) is 0 Å². The van der Waals surface area contributed by atoms with Gasteiger partial charge in [-0.15, -0.1) is 0 Å². The summed E-state index contributed by atoms with van der Waals surface area (Å²) in [5, 5.41) is 0. The van der Waals surface area contributed by atoms with E-state index >= 15 is 0 Å². The lowest BCUT2D eigenvalue weighted by Crippen LogP contribution is -1.99. The average Bonchev–Trinajstić information content (AvgIpc) is 2.03. The molecular weight excluding hydrogens is 148 g/mol. The molecule has 0 spiro atoms. The van der Waals surface area contributed by atoms with Crippen molar-refractivity contribution in [1.29, 1.82) is 0 Å². The Morgan fingerprint density at radius 1 is 1.33 bits per heavy atom. The highest BCUT2D eigenvalue weighted by Gasteiger charge is 2.09. The summed E-state index contributed by atoms with van der Waals surface area (Å²) in [5.41, 5.74) is 3.10. The minimum absolute atomic E-state index is 0.320. The number of rotatable bonds is 3. The fourth-order valence-electron chi connectivity index (χ4n) is 1.78. The molecule has 0 saturated heterocycles. The fourth-order valence-corrected chi connectivity index (χ4v) is 1.78. The Bertz CT molecular complexity index is 201. The van der Waals surface area contributed by atoms with Crippen molar-refractivity contribution in [2.45, 2.75) is 52.4 Å². The van der Waals surface area contributed by atoms with E-state index in [9.17, 15) is 4.79 Å². The number of allylic oxidation sites excluding steroid dienone is 2. The van der Waals surface area contributed by atoms with Crippen molar-refractivity contribution in [2.24, 2.45) is 0 Å². The fraction of sp³-hybridized carbons (Fsp3) is 0.727. The summed E-state index contributed by atoms with van der Waals surface area (Å²) in [7, 11) is 0. The van der Waals surface area contributed by atoms with Gasteiger partial charge < -0.3 is 4.79 Å². The second kappa shape index (κ2) is 4.44. The zero-order valence-electron chi connectivity index (χ0n) is 8.15. The Balaban J connectivity index is 2.43. The van der Waals surface area contributed by atoms with Crippen LogP contribution in [0.25, 0.3) is 0 Å². The molecule has 0 aliphatic heterocycles. The van der Waals surface area contributed by atoms with E-state index in [0.717, 1.165) is 12.8 Å². The maximum Gasteiger partial charge on any atom is 0.130 e. The molecule has 0 aromatic heterocycles. The Morgan fingerprint density at radius 2 is 2.00 bits per heavy atom. The zero-order valence-corrected chi connectivity index (χ0v) is 8.15. The summed E-state index contributed by atoms with van der Waals surface area (Å²) >= 11 is 0. The molecule has 12 heavy (non-hydrogen) atoms. The second-order valence-corrected chi connectivity index (χ2v) is 3.79. The number of carbonyl (C=O) groups excluding carboxylic acids is 1. The van der Waals surface area contributed by atoms with E-state index in [1.165, 1.54) is 25.7 Å². The van der Waals surface area contributed by atoms with Crippen molar-refractivity contribution in [2.75, 3.05) is 0 Å². The van der Waals surface area contributed by atoms with Crippen LogP contribution in [0, 0.1) is 0 Å². The van der Waals surface area contributed by atoms with Crippen LogP contribution in [0.3, 0.4) is 0 Å². The van der Waals surface area contributed by atoms with Crippen LogP contribution >= 0.6 is 0 Å². The molecule has 0 amide bonds. The third-order valence-corrected chi connectivity index (χ3v) is 2.66. The highest BCUT2D eigenvalue weighted by atomic mass is 16.1. The van der Waals surface area contributed by atoms with Crippen molar-refractivity contribution in [3.05, 3.63) is 11.1 Å². The molecule has 0 fully saturated rings. The number of hydrogen-bond acceptors (Lipinski definition) is 1. The van der Waals surface area contributed by atoms with Gasteiger partial charge in [0.25, 0.3) is 0 Å². The summed E-state index contributed by atoms with van der Waals surface area (Å²) < 4.78 is 0. The van der Waals surface area contributed by atoms with Crippen molar-refractivity contribution in [3.8, 4) is 0 Å². The van der Waals surface area contributed by atoms with E-state index in [-0.39, 0.29) is 0 Å². The van der Waals surface area contributed by atoms with Crippen LogP contribution in [-0.4, -0.2) is 5.78 Å². The van der Waals surface area contributed by atoms with Crippen LogP contribution in [-0.2, 0) is 4.79 Å². The SMILES string of the molecule is CC(=O)CCC1=C(C)CCCC1. The quantitative estimate of drug-likeness (QED) is 0.588. The largest absolute Gasteiger partial charge is 0.300 e. The molecule has 1 heteroatoms. The molecule has 0 bridgehead atoms. The van der Waals surface area contributed by atoms with Gasteiger partial charge in [-0.3, -0.25) is 0 Å². The van der Waals surface area contributed by atoms with Gasteiger partial charge in [0.1, 0.15) is 5.78 Å². The van der Waals surface area contributed by atoms with Crippen LogP contribution in [0.4, 0.5) is 0 Å². The predicted molar refractivity (Wildman–Crippen MR) is 51.1 cm³/mol. The molecule has 0 N–H and O–H groups in total.